The standard InChI is InChI=1S/C30H31FN4O7/c1-5-11-39-27-24-28(34-30(33-27)41-20-9-8-16(2)21(31)14-20)42-26(32-24)19-12-17(3)25(18(4)13-19)40-15-23(36)35-10-6-7-22(35)29(37)38/h8-9,12-14,22H,5-7,10-11,15H2,1-4H3,(H,37,38)/t22-/m0/s1. The number of nitrogens with zero attached hydrogens (tertiary/aromatic N) is 4. The zero-order valence-corrected chi connectivity index (χ0v) is 23.8. The molecule has 3 heterocycles. The monoisotopic (exact) mass is 578 g/mol. The van der Waals surface area contributed by atoms with Crippen LogP contribution in [0.4, 0.5) is 4.39 Å². The first kappa shape index (κ1) is 28.8. The van der Waals surface area contributed by atoms with Gasteiger partial charge in [-0.1, -0.05) is 13.0 Å². The van der Waals surface area contributed by atoms with E-state index in [4.69, 9.17) is 18.6 Å². The molecule has 0 spiro atoms. The summed E-state index contributed by atoms with van der Waals surface area (Å²) in [7, 11) is 0. The highest BCUT2D eigenvalue weighted by molar-refractivity contribution is 5.85. The topological polar surface area (TPSA) is 137 Å². The zero-order chi connectivity index (χ0) is 30.0. The summed E-state index contributed by atoms with van der Waals surface area (Å²) in [6, 6.07) is 7.17. The average Bonchev–Trinajstić information content (AvgIpc) is 3.61. The summed E-state index contributed by atoms with van der Waals surface area (Å²) in [5, 5.41) is 9.37. The fraction of sp³-hybridized carbons (Fsp3) is 0.367. The number of ether oxygens (including phenoxy) is 3. The molecule has 1 saturated heterocycles. The summed E-state index contributed by atoms with van der Waals surface area (Å²) in [5.41, 5.74) is 3.02. The van der Waals surface area contributed by atoms with Gasteiger partial charge in [0.25, 0.3) is 17.5 Å². The molecule has 1 atom stereocenters. The Labute approximate surface area is 241 Å². The molecular weight excluding hydrogens is 547 g/mol. The number of fused-ring (bicyclic) bond motifs is 1. The molecule has 0 unspecified atom stereocenters. The average molecular weight is 579 g/mol. The fourth-order valence-electron chi connectivity index (χ4n) is 4.83. The molecule has 4 aromatic rings. The lowest BCUT2D eigenvalue weighted by Crippen LogP contribution is -2.42. The van der Waals surface area contributed by atoms with Crippen LogP contribution < -0.4 is 14.2 Å². The molecule has 1 aliphatic rings. The van der Waals surface area contributed by atoms with E-state index in [0.717, 1.165) is 17.5 Å². The van der Waals surface area contributed by atoms with Crippen LogP contribution in [0.2, 0.25) is 0 Å². The third-order valence-corrected chi connectivity index (χ3v) is 6.91. The van der Waals surface area contributed by atoms with E-state index in [9.17, 15) is 19.1 Å². The second-order valence-corrected chi connectivity index (χ2v) is 10.2. The summed E-state index contributed by atoms with van der Waals surface area (Å²) < 4.78 is 37.4. The molecule has 1 fully saturated rings. The SMILES string of the molecule is CCCOc1nc(Oc2ccc(C)c(F)c2)nc2oc(-c3cc(C)c(OCC(=O)N4CCC[C@H]4C(=O)O)c(C)c3)nc12. The van der Waals surface area contributed by atoms with Crippen molar-refractivity contribution in [3.8, 4) is 34.8 Å². The van der Waals surface area contributed by atoms with Gasteiger partial charge in [0.15, 0.2) is 12.1 Å². The lowest BCUT2D eigenvalue weighted by molar-refractivity contribution is -0.149. The van der Waals surface area contributed by atoms with Gasteiger partial charge in [-0.3, -0.25) is 4.79 Å². The molecule has 0 radical (unpaired) electrons. The lowest BCUT2D eigenvalue weighted by atomic mass is 10.1. The second-order valence-electron chi connectivity index (χ2n) is 10.2. The van der Waals surface area contributed by atoms with Gasteiger partial charge in [0.2, 0.25) is 5.89 Å². The van der Waals surface area contributed by atoms with Crippen LogP contribution in [-0.2, 0) is 9.59 Å². The highest BCUT2D eigenvalue weighted by Gasteiger charge is 2.34. The van der Waals surface area contributed by atoms with Crippen LogP contribution in [0.3, 0.4) is 0 Å². The Bertz CT molecular complexity index is 1630. The summed E-state index contributed by atoms with van der Waals surface area (Å²) in [5.74, 6) is -0.620. The third-order valence-electron chi connectivity index (χ3n) is 6.91. The van der Waals surface area contributed by atoms with Gasteiger partial charge in [-0.05, 0) is 74.9 Å². The van der Waals surface area contributed by atoms with Crippen LogP contribution in [-0.4, -0.2) is 62.6 Å². The minimum Gasteiger partial charge on any atom is -0.483 e. The molecule has 2 aromatic heterocycles. The molecule has 0 bridgehead atoms. The lowest BCUT2D eigenvalue weighted by Gasteiger charge is -2.22. The van der Waals surface area contributed by atoms with E-state index in [1.165, 1.54) is 11.0 Å². The number of hydrogen-bond acceptors (Lipinski definition) is 9. The number of oxazole rings is 1. The Morgan fingerprint density at radius 3 is 2.52 bits per heavy atom. The number of halogens is 1. The minimum absolute atomic E-state index is 0.0801. The van der Waals surface area contributed by atoms with Crippen molar-refractivity contribution in [1.82, 2.24) is 19.9 Å². The van der Waals surface area contributed by atoms with Crippen molar-refractivity contribution in [1.29, 1.82) is 0 Å². The smallest absolute Gasteiger partial charge is 0.328 e. The quantitative estimate of drug-likeness (QED) is 0.261. The Balaban J connectivity index is 1.40. The second kappa shape index (κ2) is 12.0. The minimum atomic E-state index is -1.01. The molecule has 12 heteroatoms. The van der Waals surface area contributed by atoms with Gasteiger partial charge in [-0.25, -0.2) is 14.2 Å². The number of likely N-dealkylation sites (tertiary alicyclic amines) is 1. The highest BCUT2D eigenvalue weighted by Crippen LogP contribution is 2.34. The first-order chi connectivity index (χ1) is 20.1. The summed E-state index contributed by atoms with van der Waals surface area (Å²) in [6.45, 7) is 7.78. The Morgan fingerprint density at radius 1 is 1.07 bits per heavy atom. The van der Waals surface area contributed by atoms with Gasteiger partial charge in [-0.15, -0.1) is 0 Å². The van der Waals surface area contributed by atoms with E-state index in [0.29, 0.717) is 48.4 Å². The number of carboxylic acids is 1. The summed E-state index contributed by atoms with van der Waals surface area (Å²) >= 11 is 0. The van der Waals surface area contributed by atoms with Crippen LogP contribution in [0.1, 0.15) is 42.9 Å². The van der Waals surface area contributed by atoms with E-state index in [-0.39, 0.29) is 41.8 Å². The number of aliphatic carboxylic acids is 1. The molecule has 5 rings (SSSR count). The molecule has 11 nitrogen and oxygen atoms in total. The Hall–Kier alpha value is -4.74. The fourth-order valence-corrected chi connectivity index (χ4v) is 4.83. The molecule has 0 saturated carbocycles. The normalized spacial score (nSPS) is 14.8. The largest absolute Gasteiger partial charge is 0.483 e. The molecule has 1 N–H and O–H groups in total. The van der Waals surface area contributed by atoms with Gasteiger partial charge in [0, 0.05) is 18.2 Å². The van der Waals surface area contributed by atoms with E-state index in [1.807, 2.05) is 20.8 Å². The molecule has 220 valence electrons. The van der Waals surface area contributed by atoms with Crippen LogP contribution in [0.25, 0.3) is 22.7 Å². The van der Waals surface area contributed by atoms with Crippen molar-refractivity contribution in [3.05, 3.63) is 52.8 Å². The van der Waals surface area contributed by atoms with Crippen molar-refractivity contribution in [2.24, 2.45) is 0 Å². The van der Waals surface area contributed by atoms with Crippen molar-refractivity contribution >= 4 is 23.1 Å². The van der Waals surface area contributed by atoms with Crippen molar-refractivity contribution in [2.75, 3.05) is 19.8 Å². The van der Waals surface area contributed by atoms with Gasteiger partial charge >= 0.3 is 12.0 Å². The van der Waals surface area contributed by atoms with Crippen molar-refractivity contribution in [3.63, 3.8) is 0 Å². The van der Waals surface area contributed by atoms with E-state index >= 15 is 0 Å². The van der Waals surface area contributed by atoms with Crippen LogP contribution >= 0.6 is 0 Å². The summed E-state index contributed by atoms with van der Waals surface area (Å²) in [6.07, 6.45) is 1.81. The maximum Gasteiger partial charge on any atom is 0.328 e. The maximum atomic E-state index is 14.0. The molecule has 2 aromatic carbocycles. The van der Waals surface area contributed by atoms with E-state index in [2.05, 4.69) is 15.0 Å². The van der Waals surface area contributed by atoms with Crippen LogP contribution in [0.15, 0.2) is 34.7 Å². The first-order valence-electron chi connectivity index (χ1n) is 13.7. The number of carboxylic acid groups (broad SMARTS) is 1. The summed E-state index contributed by atoms with van der Waals surface area (Å²) in [4.78, 5) is 38.7. The molecule has 1 aliphatic heterocycles. The molecule has 42 heavy (non-hydrogen) atoms. The maximum absolute atomic E-state index is 14.0. The zero-order valence-electron chi connectivity index (χ0n) is 23.8. The van der Waals surface area contributed by atoms with Gasteiger partial charge in [0.05, 0.1) is 6.61 Å². The predicted molar refractivity (Wildman–Crippen MR) is 149 cm³/mol. The highest BCUT2D eigenvalue weighted by atomic mass is 19.1. The van der Waals surface area contributed by atoms with Gasteiger partial charge in [-0.2, -0.15) is 9.97 Å². The number of benzene rings is 2. The molecule has 1 amide bonds. The van der Waals surface area contributed by atoms with E-state index < -0.39 is 17.8 Å². The van der Waals surface area contributed by atoms with Crippen LogP contribution in [0, 0.1) is 26.6 Å². The van der Waals surface area contributed by atoms with E-state index in [1.54, 1.807) is 31.2 Å². The Morgan fingerprint density at radius 2 is 1.83 bits per heavy atom. The number of aromatic nitrogens is 3. The van der Waals surface area contributed by atoms with Crippen LogP contribution in [0.5, 0.6) is 23.4 Å². The first-order valence-corrected chi connectivity index (χ1v) is 13.7. The van der Waals surface area contributed by atoms with Crippen molar-refractivity contribution < 1.29 is 37.7 Å². The number of aryl methyl sites for hydroxylation is 3. The number of rotatable bonds is 10. The molecular formula is C30H31FN4O7. The predicted octanol–water partition coefficient (Wildman–Crippen LogP) is 5.38. The molecule has 0 aliphatic carbocycles. The van der Waals surface area contributed by atoms with Crippen molar-refractivity contribution in [2.45, 2.75) is 53.0 Å². The Kier molecular flexibility index (Phi) is 8.23. The third kappa shape index (κ3) is 5.97. The van der Waals surface area contributed by atoms with Gasteiger partial charge < -0.3 is 28.6 Å². The number of carbonyl (C=O) groups is 2. The number of carbonyl (C=O) groups excluding carboxylic acids is 1. The van der Waals surface area contributed by atoms with Gasteiger partial charge in [0.1, 0.15) is 23.4 Å². The number of hydrogen-bond donors (Lipinski definition) is 1. The number of amides is 1.